The van der Waals surface area contributed by atoms with Crippen molar-refractivity contribution in [3.8, 4) is 6.07 Å². The van der Waals surface area contributed by atoms with Gasteiger partial charge in [-0.25, -0.2) is 0 Å². The van der Waals surface area contributed by atoms with E-state index in [1.807, 2.05) is 19.2 Å². The summed E-state index contributed by atoms with van der Waals surface area (Å²) in [5.41, 5.74) is 7.92. The van der Waals surface area contributed by atoms with Gasteiger partial charge in [-0.1, -0.05) is 6.07 Å². The molecule has 1 aliphatic heterocycles. The number of ketones is 1. The summed E-state index contributed by atoms with van der Waals surface area (Å²) in [6.07, 6.45) is -1.18. The van der Waals surface area contributed by atoms with Crippen LogP contribution in [-0.2, 0) is 11.0 Å². The Morgan fingerprint density at radius 2 is 2.03 bits per heavy atom. The fourth-order valence-corrected chi connectivity index (χ4v) is 6.30. The number of thiophene rings is 1. The van der Waals surface area contributed by atoms with Crippen LogP contribution in [0.1, 0.15) is 41.2 Å². The number of nitriles is 1. The average Bonchev–Trinajstić information content (AvgIpc) is 3.13. The molecule has 166 valence electrons. The normalized spacial score (nSPS) is 19.3. The van der Waals surface area contributed by atoms with Crippen LogP contribution < -0.4 is 10.6 Å². The summed E-state index contributed by atoms with van der Waals surface area (Å²) < 4.78 is 41.1. The molecule has 1 aliphatic carbocycles. The molecule has 2 aromatic rings. The minimum absolute atomic E-state index is 0.0705. The summed E-state index contributed by atoms with van der Waals surface area (Å²) in [6, 6.07) is 8.95. The van der Waals surface area contributed by atoms with E-state index in [1.165, 1.54) is 28.8 Å². The SMILES string of the molecule is CSc1sc(C)cc1[C@@H]1C(C#N)=C(N)N(c2cccc(C(F)(F)F)c2)C2=C1C(=O)CCC2. The standard InChI is InChI=1S/C23H20F3N3OS2/c1-12-9-15(22(31-2)32-12)19-16(11-27)21(28)29(17-7-4-8-18(30)20(17)19)14-6-3-5-13(10-14)23(24,25)26/h3,5-6,9-10,19H,4,7-8,28H2,1-2H3/t19-/m1/s1. The molecule has 4 rings (SSSR count). The van der Waals surface area contributed by atoms with E-state index in [-0.39, 0.29) is 22.9 Å². The number of allylic oxidation sites excluding steroid dienone is 3. The number of halogens is 3. The lowest BCUT2D eigenvalue weighted by Gasteiger charge is -2.39. The second-order valence-corrected chi connectivity index (χ2v) is 10.00. The van der Waals surface area contributed by atoms with Crippen molar-refractivity contribution in [2.24, 2.45) is 5.73 Å². The summed E-state index contributed by atoms with van der Waals surface area (Å²) in [5, 5.41) is 10.1. The van der Waals surface area contributed by atoms with Crippen LogP contribution >= 0.6 is 23.1 Å². The monoisotopic (exact) mass is 475 g/mol. The van der Waals surface area contributed by atoms with E-state index in [0.717, 1.165) is 26.8 Å². The second-order valence-electron chi connectivity index (χ2n) is 7.67. The Bertz CT molecular complexity index is 1200. The molecule has 1 aromatic carbocycles. The maximum atomic E-state index is 13.4. The fourth-order valence-electron chi connectivity index (χ4n) is 4.39. The zero-order chi connectivity index (χ0) is 23.2. The van der Waals surface area contributed by atoms with E-state index < -0.39 is 17.7 Å². The Labute approximate surface area is 192 Å². The van der Waals surface area contributed by atoms with Crippen molar-refractivity contribution >= 4 is 34.6 Å². The Morgan fingerprint density at radius 1 is 1.28 bits per heavy atom. The lowest BCUT2D eigenvalue weighted by molar-refractivity contribution is -0.137. The van der Waals surface area contributed by atoms with Crippen LogP contribution in [0.4, 0.5) is 18.9 Å². The molecular weight excluding hydrogens is 455 g/mol. The Morgan fingerprint density at radius 3 is 2.69 bits per heavy atom. The fraction of sp³-hybridized carbons (Fsp3) is 0.304. The minimum atomic E-state index is -4.52. The van der Waals surface area contributed by atoms with Gasteiger partial charge in [-0.05, 0) is 55.9 Å². The van der Waals surface area contributed by atoms with E-state index in [1.54, 1.807) is 11.3 Å². The van der Waals surface area contributed by atoms with Gasteiger partial charge < -0.3 is 5.73 Å². The van der Waals surface area contributed by atoms with Gasteiger partial charge in [-0.15, -0.1) is 23.1 Å². The van der Waals surface area contributed by atoms with Crippen LogP contribution in [0.15, 0.2) is 57.2 Å². The molecule has 2 heterocycles. The molecule has 0 spiro atoms. The Kier molecular flexibility index (Phi) is 5.86. The molecule has 2 N–H and O–H groups in total. The Hall–Kier alpha value is -2.70. The van der Waals surface area contributed by atoms with Gasteiger partial charge in [-0.2, -0.15) is 18.4 Å². The molecule has 9 heteroatoms. The number of hydrogen-bond donors (Lipinski definition) is 1. The Balaban J connectivity index is 1.97. The van der Waals surface area contributed by atoms with Crippen molar-refractivity contribution in [2.75, 3.05) is 11.2 Å². The molecule has 0 amide bonds. The average molecular weight is 476 g/mol. The highest BCUT2D eigenvalue weighted by Gasteiger charge is 2.42. The van der Waals surface area contributed by atoms with Crippen molar-refractivity contribution in [2.45, 2.75) is 42.5 Å². The van der Waals surface area contributed by atoms with Crippen LogP contribution in [-0.4, -0.2) is 12.0 Å². The number of thioether (sulfide) groups is 1. The second kappa shape index (κ2) is 8.34. The number of rotatable bonds is 3. The van der Waals surface area contributed by atoms with Crippen molar-refractivity contribution < 1.29 is 18.0 Å². The van der Waals surface area contributed by atoms with E-state index in [0.29, 0.717) is 30.5 Å². The first-order chi connectivity index (χ1) is 15.2. The van der Waals surface area contributed by atoms with Crippen LogP contribution in [0.3, 0.4) is 0 Å². The third-order valence-corrected chi connectivity index (χ3v) is 7.91. The molecule has 1 aromatic heterocycles. The lowest BCUT2D eigenvalue weighted by atomic mass is 9.76. The highest BCUT2D eigenvalue weighted by molar-refractivity contribution is 8.00. The summed E-state index contributed by atoms with van der Waals surface area (Å²) in [7, 11) is 0. The van der Waals surface area contributed by atoms with E-state index >= 15 is 0 Å². The molecule has 32 heavy (non-hydrogen) atoms. The number of nitrogens with zero attached hydrogens (tertiary/aromatic N) is 2. The molecule has 0 saturated heterocycles. The lowest BCUT2D eigenvalue weighted by Crippen LogP contribution is -2.38. The number of carbonyl (C=O) groups excluding carboxylic acids is 1. The maximum Gasteiger partial charge on any atom is 0.416 e. The van der Waals surface area contributed by atoms with Gasteiger partial charge in [-0.3, -0.25) is 9.69 Å². The molecule has 4 nitrogen and oxygen atoms in total. The smallest absolute Gasteiger partial charge is 0.384 e. The highest BCUT2D eigenvalue weighted by atomic mass is 32.2. The minimum Gasteiger partial charge on any atom is -0.384 e. The molecule has 2 aliphatic rings. The summed E-state index contributed by atoms with van der Waals surface area (Å²) >= 11 is 3.12. The number of benzene rings is 1. The quantitative estimate of drug-likeness (QED) is 0.543. The summed E-state index contributed by atoms with van der Waals surface area (Å²) in [5.74, 6) is -0.636. The van der Waals surface area contributed by atoms with Gasteiger partial charge in [0.05, 0.1) is 27.3 Å². The predicted molar refractivity (Wildman–Crippen MR) is 120 cm³/mol. The van der Waals surface area contributed by atoms with Crippen molar-refractivity contribution in [1.29, 1.82) is 5.26 Å². The first kappa shape index (κ1) is 22.5. The molecule has 1 atom stereocenters. The molecule has 0 saturated carbocycles. The predicted octanol–water partition coefficient (Wildman–Crippen LogP) is 6.10. The molecule has 0 radical (unpaired) electrons. The van der Waals surface area contributed by atoms with Gasteiger partial charge in [0.2, 0.25) is 0 Å². The van der Waals surface area contributed by atoms with Gasteiger partial charge in [0.25, 0.3) is 0 Å². The molecule has 0 unspecified atom stereocenters. The highest BCUT2D eigenvalue weighted by Crippen LogP contribution is 2.49. The zero-order valence-corrected chi connectivity index (χ0v) is 19.0. The topological polar surface area (TPSA) is 70.1 Å². The molecular formula is C23H20F3N3OS2. The van der Waals surface area contributed by atoms with Crippen LogP contribution in [0.2, 0.25) is 0 Å². The van der Waals surface area contributed by atoms with Crippen LogP contribution in [0, 0.1) is 18.3 Å². The number of hydrogen-bond acceptors (Lipinski definition) is 6. The van der Waals surface area contributed by atoms with Crippen LogP contribution in [0.25, 0.3) is 0 Å². The first-order valence-electron chi connectivity index (χ1n) is 9.95. The number of nitrogens with two attached hydrogens (primary N) is 1. The van der Waals surface area contributed by atoms with Gasteiger partial charge in [0.15, 0.2) is 5.78 Å². The van der Waals surface area contributed by atoms with Gasteiger partial charge in [0.1, 0.15) is 5.82 Å². The summed E-state index contributed by atoms with van der Waals surface area (Å²) in [6.45, 7) is 1.96. The molecule has 0 fully saturated rings. The molecule has 0 bridgehead atoms. The van der Waals surface area contributed by atoms with E-state index in [4.69, 9.17) is 5.73 Å². The van der Waals surface area contributed by atoms with E-state index in [2.05, 4.69) is 6.07 Å². The maximum absolute atomic E-state index is 13.4. The van der Waals surface area contributed by atoms with Gasteiger partial charge >= 0.3 is 6.18 Å². The number of alkyl halides is 3. The van der Waals surface area contributed by atoms with Crippen LogP contribution in [0.5, 0.6) is 0 Å². The number of Topliss-reactive ketones (excluding diaryl/α,β-unsaturated/α-hetero) is 1. The first-order valence-corrected chi connectivity index (χ1v) is 12.0. The number of aryl methyl sites for hydroxylation is 1. The van der Waals surface area contributed by atoms with Crippen molar-refractivity contribution in [1.82, 2.24) is 0 Å². The third kappa shape index (κ3) is 3.71. The largest absolute Gasteiger partial charge is 0.416 e. The third-order valence-electron chi connectivity index (χ3n) is 5.69. The van der Waals surface area contributed by atoms with Gasteiger partial charge in [0, 0.05) is 28.3 Å². The summed E-state index contributed by atoms with van der Waals surface area (Å²) in [4.78, 5) is 15.7. The van der Waals surface area contributed by atoms with Crippen molar-refractivity contribution in [3.63, 3.8) is 0 Å². The number of carbonyl (C=O) groups is 1. The van der Waals surface area contributed by atoms with Crippen molar-refractivity contribution in [3.05, 3.63) is 69.0 Å². The van der Waals surface area contributed by atoms with E-state index in [9.17, 15) is 23.2 Å². The zero-order valence-electron chi connectivity index (χ0n) is 17.4. The number of anilines is 1.